The normalized spacial score (nSPS) is 17.0. The third-order valence-corrected chi connectivity index (χ3v) is 4.04. The molecule has 3 N–H and O–H groups in total. The average molecular weight is 287 g/mol. The van der Waals surface area contributed by atoms with E-state index >= 15 is 0 Å². The molecule has 112 valence electrons. The molecule has 1 aromatic carbocycles. The van der Waals surface area contributed by atoms with E-state index in [2.05, 4.69) is 22.0 Å². The van der Waals surface area contributed by atoms with Crippen molar-refractivity contribution < 1.29 is 9.59 Å². The summed E-state index contributed by atoms with van der Waals surface area (Å²) in [4.78, 5) is 23.7. The first-order valence-corrected chi connectivity index (χ1v) is 7.63. The van der Waals surface area contributed by atoms with Gasteiger partial charge < -0.3 is 16.0 Å². The second-order valence-electron chi connectivity index (χ2n) is 5.69. The van der Waals surface area contributed by atoms with Crippen molar-refractivity contribution in [1.82, 2.24) is 16.0 Å². The lowest BCUT2D eigenvalue weighted by Crippen LogP contribution is -2.36. The molecule has 1 aliphatic carbocycles. The Morgan fingerprint density at radius 1 is 1.19 bits per heavy atom. The molecule has 1 saturated carbocycles. The largest absolute Gasteiger partial charge is 0.354 e. The lowest BCUT2D eigenvalue weighted by Gasteiger charge is -2.20. The Hall–Kier alpha value is -1.88. The van der Waals surface area contributed by atoms with Crippen LogP contribution in [0.1, 0.15) is 34.3 Å². The van der Waals surface area contributed by atoms with Crippen LogP contribution in [0.5, 0.6) is 0 Å². The molecular formula is C16H21N3O2. The van der Waals surface area contributed by atoms with Gasteiger partial charge >= 0.3 is 0 Å². The van der Waals surface area contributed by atoms with Crippen molar-refractivity contribution in [3.8, 4) is 0 Å². The average Bonchev–Trinajstić information content (AvgIpc) is 3.35. The van der Waals surface area contributed by atoms with E-state index in [4.69, 9.17) is 0 Å². The molecule has 0 atom stereocenters. The first-order valence-electron chi connectivity index (χ1n) is 7.63. The Morgan fingerprint density at radius 3 is 2.81 bits per heavy atom. The molecule has 5 nitrogen and oxygen atoms in total. The van der Waals surface area contributed by atoms with Crippen LogP contribution >= 0.6 is 0 Å². The van der Waals surface area contributed by atoms with Gasteiger partial charge in [0.2, 0.25) is 5.91 Å². The fourth-order valence-electron chi connectivity index (χ4n) is 2.69. The van der Waals surface area contributed by atoms with Gasteiger partial charge in [-0.1, -0.05) is 12.1 Å². The number of benzene rings is 1. The Balaban J connectivity index is 1.52. The van der Waals surface area contributed by atoms with E-state index in [0.29, 0.717) is 13.1 Å². The Morgan fingerprint density at radius 2 is 2.00 bits per heavy atom. The molecular weight excluding hydrogens is 266 g/mol. The fourth-order valence-corrected chi connectivity index (χ4v) is 2.69. The highest BCUT2D eigenvalue weighted by atomic mass is 16.2. The molecule has 21 heavy (non-hydrogen) atoms. The summed E-state index contributed by atoms with van der Waals surface area (Å²) in [6, 6.07) is 5.87. The number of rotatable bonds is 5. The van der Waals surface area contributed by atoms with Gasteiger partial charge in [-0.05, 0) is 43.0 Å². The summed E-state index contributed by atoms with van der Waals surface area (Å²) >= 11 is 0. The second-order valence-corrected chi connectivity index (χ2v) is 5.69. The van der Waals surface area contributed by atoms with Gasteiger partial charge in [0.25, 0.3) is 5.91 Å². The van der Waals surface area contributed by atoms with Crippen LogP contribution in [0.4, 0.5) is 0 Å². The zero-order valence-electron chi connectivity index (χ0n) is 12.1. The van der Waals surface area contributed by atoms with Gasteiger partial charge in [0, 0.05) is 31.1 Å². The predicted octanol–water partition coefficient (Wildman–Crippen LogP) is 0.588. The summed E-state index contributed by atoms with van der Waals surface area (Å²) < 4.78 is 0. The van der Waals surface area contributed by atoms with E-state index in [0.717, 1.165) is 43.5 Å². The highest BCUT2D eigenvalue weighted by Crippen LogP contribution is 2.28. The van der Waals surface area contributed by atoms with E-state index in [1.165, 1.54) is 5.56 Å². The summed E-state index contributed by atoms with van der Waals surface area (Å²) in [5.41, 5.74) is 3.12. The van der Waals surface area contributed by atoms with Crippen molar-refractivity contribution in [3.05, 3.63) is 34.9 Å². The molecule has 1 heterocycles. The summed E-state index contributed by atoms with van der Waals surface area (Å²) in [5.74, 6) is 0.288. The van der Waals surface area contributed by atoms with Crippen LogP contribution in [0, 0.1) is 5.92 Å². The maximum Gasteiger partial charge on any atom is 0.251 e. The standard InChI is InChI=1S/C16H21N3O2/c20-15(11-4-5-11)18-8-9-19-16(21)14-3-1-2-12-10-17-7-6-13(12)14/h1-3,11,17H,4-10H2,(H,18,20)(H,19,21). The zero-order valence-corrected chi connectivity index (χ0v) is 12.1. The van der Waals surface area contributed by atoms with Crippen molar-refractivity contribution in [1.29, 1.82) is 0 Å². The number of amides is 2. The molecule has 0 spiro atoms. The fraction of sp³-hybridized carbons (Fsp3) is 0.500. The lowest BCUT2D eigenvalue weighted by molar-refractivity contribution is -0.122. The molecule has 1 aliphatic heterocycles. The van der Waals surface area contributed by atoms with E-state index in [9.17, 15) is 9.59 Å². The summed E-state index contributed by atoms with van der Waals surface area (Å²) in [7, 11) is 0. The van der Waals surface area contributed by atoms with Crippen molar-refractivity contribution in [2.24, 2.45) is 5.92 Å². The lowest BCUT2D eigenvalue weighted by atomic mass is 9.95. The molecule has 5 heteroatoms. The number of hydrogen-bond acceptors (Lipinski definition) is 3. The van der Waals surface area contributed by atoms with Gasteiger partial charge in [-0.3, -0.25) is 9.59 Å². The van der Waals surface area contributed by atoms with E-state index < -0.39 is 0 Å². The summed E-state index contributed by atoms with van der Waals surface area (Å²) in [6.07, 6.45) is 2.89. The van der Waals surface area contributed by atoms with E-state index in [1.807, 2.05) is 12.1 Å². The molecule has 0 unspecified atom stereocenters. The SMILES string of the molecule is O=C(NCCNC(=O)C1CC1)c1cccc2c1CCNC2. The van der Waals surface area contributed by atoms with Gasteiger partial charge in [-0.15, -0.1) is 0 Å². The van der Waals surface area contributed by atoms with Gasteiger partial charge in [0.1, 0.15) is 0 Å². The smallest absolute Gasteiger partial charge is 0.251 e. The van der Waals surface area contributed by atoms with Gasteiger partial charge in [-0.25, -0.2) is 0 Å². The number of hydrogen-bond donors (Lipinski definition) is 3. The number of carbonyl (C=O) groups is 2. The summed E-state index contributed by atoms with van der Waals surface area (Å²) in [6.45, 7) is 2.71. The van der Waals surface area contributed by atoms with Gasteiger partial charge in [0.05, 0.1) is 0 Å². The minimum absolute atomic E-state index is 0.0468. The van der Waals surface area contributed by atoms with Crippen LogP contribution in [0.3, 0.4) is 0 Å². The second kappa shape index (κ2) is 6.26. The van der Waals surface area contributed by atoms with Crippen molar-refractivity contribution in [2.45, 2.75) is 25.8 Å². The van der Waals surface area contributed by atoms with E-state index in [1.54, 1.807) is 0 Å². The van der Waals surface area contributed by atoms with Gasteiger partial charge in [-0.2, -0.15) is 0 Å². The molecule has 0 saturated heterocycles. The highest BCUT2D eigenvalue weighted by molar-refractivity contribution is 5.96. The topological polar surface area (TPSA) is 70.2 Å². The minimum Gasteiger partial charge on any atom is -0.354 e. The van der Waals surface area contributed by atoms with E-state index in [-0.39, 0.29) is 17.7 Å². The van der Waals surface area contributed by atoms with Crippen LogP contribution in [0.15, 0.2) is 18.2 Å². The quantitative estimate of drug-likeness (QED) is 0.694. The van der Waals surface area contributed by atoms with Crippen LogP contribution in [-0.2, 0) is 17.8 Å². The zero-order chi connectivity index (χ0) is 14.7. The maximum absolute atomic E-state index is 12.3. The molecule has 2 aliphatic rings. The van der Waals surface area contributed by atoms with Gasteiger partial charge in [0.15, 0.2) is 0 Å². The predicted molar refractivity (Wildman–Crippen MR) is 79.9 cm³/mol. The molecule has 2 amide bonds. The Bertz CT molecular complexity index is 552. The third kappa shape index (κ3) is 3.42. The van der Waals surface area contributed by atoms with Crippen LogP contribution in [-0.4, -0.2) is 31.4 Å². The first kappa shape index (κ1) is 14.1. The molecule has 1 aromatic rings. The molecule has 0 bridgehead atoms. The molecule has 1 fully saturated rings. The number of fused-ring (bicyclic) bond motifs is 1. The Kier molecular flexibility index (Phi) is 4.20. The summed E-state index contributed by atoms with van der Waals surface area (Å²) in [5, 5.41) is 9.05. The van der Waals surface area contributed by atoms with Crippen LogP contribution < -0.4 is 16.0 Å². The minimum atomic E-state index is -0.0468. The molecule has 0 radical (unpaired) electrons. The van der Waals surface area contributed by atoms with Crippen molar-refractivity contribution in [3.63, 3.8) is 0 Å². The first-order chi connectivity index (χ1) is 10.3. The van der Waals surface area contributed by atoms with Crippen molar-refractivity contribution >= 4 is 11.8 Å². The van der Waals surface area contributed by atoms with Crippen LogP contribution in [0.2, 0.25) is 0 Å². The highest BCUT2D eigenvalue weighted by Gasteiger charge is 2.29. The Labute approximate surface area is 124 Å². The molecule has 0 aromatic heterocycles. The number of carbonyl (C=O) groups excluding carboxylic acids is 2. The van der Waals surface area contributed by atoms with Crippen LogP contribution in [0.25, 0.3) is 0 Å². The maximum atomic E-state index is 12.3. The monoisotopic (exact) mass is 287 g/mol. The number of nitrogens with one attached hydrogen (secondary N) is 3. The molecule has 3 rings (SSSR count). The van der Waals surface area contributed by atoms with Crippen molar-refractivity contribution in [2.75, 3.05) is 19.6 Å². The third-order valence-electron chi connectivity index (χ3n) is 4.04.